The molecule has 1 unspecified atom stereocenters. The average Bonchev–Trinajstić information content (AvgIpc) is 2.90. The van der Waals surface area contributed by atoms with E-state index in [1.807, 2.05) is 6.07 Å². The van der Waals surface area contributed by atoms with Gasteiger partial charge in [0, 0.05) is 18.7 Å². The van der Waals surface area contributed by atoms with Crippen LogP contribution in [0.3, 0.4) is 0 Å². The van der Waals surface area contributed by atoms with Crippen molar-refractivity contribution in [3.05, 3.63) is 30.1 Å². The second kappa shape index (κ2) is 6.33. The molecule has 5 heteroatoms. The summed E-state index contributed by atoms with van der Waals surface area (Å²) >= 11 is 0. The number of rotatable bonds is 6. The van der Waals surface area contributed by atoms with Gasteiger partial charge < -0.3 is 15.4 Å². The summed E-state index contributed by atoms with van der Waals surface area (Å²) in [5.74, 6) is 0.234. The second-order valence-corrected chi connectivity index (χ2v) is 4.63. The summed E-state index contributed by atoms with van der Waals surface area (Å²) < 4.78 is 0. The minimum absolute atomic E-state index is 0.0899. The molecule has 1 aromatic heterocycles. The molecule has 0 saturated heterocycles. The Morgan fingerprint density at radius 2 is 2.37 bits per heavy atom. The molecule has 0 fully saturated rings. The third-order valence-electron chi connectivity index (χ3n) is 3.35. The monoisotopic (exact) mass is 261 g/mol. The van der Waals surface area contributed by atoms with E-state index in [2.05, 4.69) is 22.2 Å². The molecular weight excluding hydrogens is 242 g/mol. The molecule has 2 aromatic rings. The van der Waals surface area contributed by atoms with E-state index in [1.54, 1.807) is 18.5 Å². The fraction of sp³-hybridized carbons (Fsp3) is 0.429. The molecule has 0 spiro atoms. The smallest absolute Gasteiger partial charge is 0.251 e. The van der Waals surface area contributed by atoms with Gasteiger partial charge in [-0.15, -0.1) is 0 Å². The van der Waals surface area contributed by atoms with E-state index in [-0.39, 0.29) is 12.5 Å². The number of aliphatic hydroxyl groups is 1. The molecule has 0 aliphatic rings. The molecule has 0 radical (unpaired) electrons. The number of aromatic nitrogens is 2. The molecule has 2 rings (SSSR count). The van der Waals surface area contributed by atoms with Gasteiger partial charge in [-0.1, -0.05) is 13.3 Å². The van der Waals surface area contributed by atoms with E-state index in [9.17, 15) is 4.79 Å². The van der Waals surface area contributed by atoms with Gasteiger partial charge in [0.25, 0.3) is 5.91 Å². The Morgan fingerprint density at radius 1 is 1.53 bits per heavy atom. The van der Waals surface area contributed by atoms with E-state index in [0.717, 1.165) is 23.9 Å². The summed E-state index contributed by atoms with van der Waals surface area (Å²) in [7, 11) is 0. The number of hydrogen-bond donors (Lipinski definition) is 3. The van der Waals surface area contributed by atoms with Crippen LogP contribution in [0.4, 0.5) is 0 Å². The van der Waals surface area contributed by atoms with E-state index >= 15 is 0 Å². The van der Waals surface area contributed by atoms with E-state index in [1.165, 1.54) is 0 Å². The molecule has 0 bridgehead atoms. The molecule has 1 atom stereocenters. The van der Waals surface area contributed by atoms with Crippen LogP contribution in [-0.2, 0) is 0 Å². The number of carbonyl (C=O) groups is 1. The number of nitrogens with zero attached hydrogens (tertiary/aromatic N) is 1. The van der Waals surface area contributed by atoms with Crippen molar-refractivity contribution >= 4 is 16.9 Å². The van der Waals surface area contributed by atoms with Crippen molar-refractivity contribution in [2.24, 2.45) is 5.92 Å². The molecule has 5 nitrogen and oxygen atoms in total. The summed E-state index contributed by atoms with van der Waals surface area (Å²) in [5, 5.41) is 11.8. The number of H-pyrrole nitrogens is 1. The molecular formula is C14H19N3O2. The zero-order valence-electron chi connectivity index (χ0n) is 11.0. The highest BCUT2D eigenvalue weighted by Gasteiger charge is 2.10. The molecule has 0 saturated carbocycles. The van der Waals surface area contributed by atoms with Crippen molar-refractivity contribution in [1.82, 2.24) is 15.3 Å². The normalized spacial score (nSPS) is 12.5. The lowest BCUT2D eigenvalue weighted by atomic mass is 10.0. The van der Waals surface area contributed by atoms with Crippen LogP contribution >= 0.6 is 0 Å². The largest absolute Gasteiger partial charge is 0.396 e. The molecule has 0 aliphatic heterocycles. The number of aromatic amines is 1. The van der Waals surface area contributed by atoms with Gasteiger partial charge in [0.1, 0.15) is 0 Å². The minimum atomic E-state index is -0.0899. The highest BCUT2D eigenvalue weighted by molar-refractivity contribution is 5.97. The maximum absolute atomic E-state index is 12.0. The van der Waals surface area contributed by atoms with Gasteiger partial charge >= 0.3 is 0 Å². The Balaban J connectivity index is 1.98. The first-order valence-electron chi connectivity index (χ1n) is 6.56. The minimum Gasteiger partial charge on any atom is -0.396 e. The Morgan fingerprint density at radius 3 is 3.11 bits per heavy atom. The lowest BCUT2D eigenvalue weighted by Crippen LogP contribution is -2.29. The van der Waals surface area contributed by atoms with Gasteiger partial charge in [-0.3, -0.25) is 4.79 Å². The van der Waals surface area contributed by atoms with Gasteiger partial charge in [0.15, 0.2) is 0 Å². The van der Waals surface area contributed by atoms with Crippen molar-refractivity contribution in [3.8, 4) is 0 Å². The van der Waals surface area contributed by atoms with Crippen LogP contribution in [0.25, 0.3) is 11.0 Å². The lowest BCUT2D eigenvalue weighted by Gasteiger charge is -2.14. The molecule has 0 aliphatic carbocycles. The number of imidazole rings is 1. The van der Waals surface area contributed by atoms with E-state index in [4.69, 9.17) is 5.11 Å². The molecule has 1 aromatic carbocycles. The molecule has 1 amide bonds. The fourth-order valence-electron chi connectivity index (χ4n) is 2.05. The summed E-state index contributed by atoms with van der Waals surface area (Å²) in [4.78, 5) is 19.1. The van der Waals surface area contributed by atoms with Crippen LogP contribution in [-0.4, -0.2) is 34.1 Å². The Hall–Kier alpha value is -1.88. The third-order valence-corrected chi connectivity index (χ3v) is 3.35. The number of nitrogens with one attached hydrogen (secondary N) is 2. The van der Waals surface area contributed by atoms with Crippen LogP contribution in [0.1, 0.15) is 30.1 Å². The Bertz CT molecular complexity index is 550. The first kappa shape index (κ1) is 13.5. The van der Waals surface area contributed by atoms with Gasteiger partial charge in [0.2, 0.25) is 0 Å². The highest BCUT2D eigenvalue weighted by atomic mass is 16.3. The summed E-state index contributed by atoms with van der Waals surface area (Å²) in [5.41, 5.74) is 2.33. The highest BCUT2D eigenvalue weighted by Crippen LogP contribution is 2.12. The number of carbonyl (C=O) groups excluding carboxylic acids is 1. The summed E-state index contributed by atoms with van der Waals surface area (Å²) in [6, 6.07) is 5.39. The lowest BCUT2D eigenvalue weighted by molar-refractivity contribution is 0.0943. The van der Waals surface area contributed by atoms with Crippen LogP contribution in [0.5, 0.6) is 0 Å². The van der Waals surface area contributed by atoms with Gasteiger partial charge in [-0.2, -0.15) is 0 Å². The van der Waals surface area contributed by atoms with Crippen molar-refractivity contribution in [3.63, 3.8) is 0 Å². The number of aliphatic hydroxyl groups excluding tert-OH is 1. The predicted octanol–water partition coefficient (Wildman–Crippen LogP) is 1.70. The molecule has 19 heavy (non-hydrogen) atoms. The average molecular weight is 261 g/mol. The van der Waals surface area contributed by atoms with Crippen molar-refractivity contribution in [2.75, 3.05) is 13.2 Å². The maximum Gasteiger partial charge on any atom is 0.251 e. The number of hydrogen-bond acceptors (Lipinski definition) is 3. The Kier molecular flexibility index (Phi) is 4.52. The number of amides is 1. The maximum atomic E-state index is 12.0. The zero-order valence-corrected chi connectivity index (χ0v) is 11.0. The van der Waals surface area contributed by atoms with Gasteiger partial charge in [-0.25, -0.2) is 4.98 Å². The summed E-state index contributed by atoms with van der Waals surface area (Å²) in [6.07, 6.45) is 3.28. The van der Waals surface area contributed by atoms with Crippen molar-refractivity contribution < 1.29 is 9.90 Å². The van der Waals surface area contributed by atoms with Crippen LogP contribution < -0.4 is 5.32 Å². The van der Waals surface area contributed by atoms with Gasteiger partial charge in [-0.05, 0) is 30.5 Å². The summed E-state index contributed by atoms with van der Waals surface area (Å²) in [6.45, 7) is 2.81. The number of fused-ring (bicyclic) bond motifs is 1. The van der Waals surface area contributed by atoms with Crippen LogP contribution in [0, 0.1) is 5.92 Å². The van der Waals surface area contributed by atoms with Gasteiger partial charge in [0.05, 0.1) is 17.4 Å². The molecule has 1 heterocycles. The quantitative estimate of drug-likeness (QED) is 0.740. The SMILES string of the molecule is CCC(CCO)CNC(=O)c1ccc2nc[nH]c2c1. The number of benzene rings is 1. The molecule has 3 N–H and O–H groups in total. The zero-order chi connectivity index (χ0) is 13.7. The predicted molar refractivity (Wildman–Crippen MR) is 73.9 cm³/mol. The van der Waals surface area contributed by atoms with Crippen molar-refractivity contribution in [1.29, 1.82) is 0 Å². The van der Waals surface area contributed by atoms with Crippen LogP contribution in [0.2, 0.25) is 0 Å². The van der Waals surface area contributed by atoms with Crippen LogP contribution in [0.15, 0.2) is 24.5 Å². The van der Waals surface area contributed by atoms with E-state index in [0.29, 0.717) is 18.0 Å². The first-order chi connectivity index (χ1) is 9.24. The first-order valence-corrected chi connectivity index (χ1v) is 6.56. The molecule has 102 valence electrons. The van der Waals surface area contributed by atoms with E-state index < -0.39 is 0 Å². The second-order valence-electron chi connectivity index (χ2n) is 4.63. The fourth-order valence-corrected chi connectivity index (χ4v) is 2.05. The van der Waals surface area contributed by atoms with Crippen molar-refractivity contribution in [2.45, 2.75) is 19.8 Å². The Labute approximate surface area is 112 Å². The topological polar surface area (TPSA) is 78.0 Å². The third kappa shape index (κ3) is 3.32. The standard InChI is InChI=1S/C14H19N3O2/c1-2-10(5-6-18)8-15-14(19)11-3-4-12-13(7-11)17-9-16-12/h3-4,7,9-10,18H,2,5-6,8H2,1H3,(H,15,19)(H,16,17).